The van der Waals surface area contributed by atoms with Crippen LogP contribution in [0.3, 0.4) is 0 Å². The highest BCUT2D eigenvalue weighted by Crippen LogP contribution is 2.41. The second-order valence-corrected chi connectivity index (χ2v) is 7.75. The van der Waals surface area contributed by atoms with E-state index in [0.717, 1.165) is 11.1 Å². The first-order chi connectivity index (χ1) is 12.8. The minimum atomic E-state index is -0.243. The normalized spacial score (nSPS) is 22.2. The zero-order chi connectivity index (χ0) is 20.1. The lowest BCUT2D eigenvalue weighted by Gasteiger charge is -2.55. The topological polar surface area (TPSA) is 60.9 Å². The molecule has 27 heavy (non-hydrogen) atoms. The van der Waals surface area contributed by atoms with E-state index >= 15 is 0 Å². The molecule has 1 aliphatic heterocycles. The zero-order valence-electron chi connectivity index (χ0n) is 17.1. The Labute approximate surface area is 162 Å². The van der Waals surface area contributed by atoms with Crippen LogP contribution in [0.4, 0.5) is 0 Å². The molecule has 0 aliphatic carbocycles. The average molecular weight is 373 g/mol. The van der Waals surface area contributed by atoms with Gasteiger partial charge in [-0.3, -0.25) is 9.59 Å². The van der Waals surface area contributed by atoms with Gasteiger partial charge in [-0.25, -0.2) is 0 Å². The highest BCUT2D eigenvalue weighted by molar-refractivity contribution is 5.77. The van der Waals surface area contributed by atoms with Gasteiger partial charge in [-0.05, 0) is 24.0 Å². The fourth-order valence-electron chi connectivity index (χ4n) is 4.08. The number of rotatable bonds is 7. The number of nitrogens with zero attached hydrogens (tertiary/aromatic N) is 2. The van der Waals surface area contributed by atoms with Gasteiger partial charge < -0.3 is 14.9 Å². The molecule has 1 N–H and O–H groups in total. The van der Waals surface area contributed by atoms with Gasteiger partial charge in [-0.15, -0.1) is 0 Å². The van der Waals surface area contributed by atoms with E-state index in [4.69, 9.17) is 0 Å². The van der Waals surface area contributed by atoms with E-state index in [1.807, 2.05) is 36.1 Å². The van der Waals surface area contributed by atoms with E-state index in [1.54, 1.807) is 11.8 Å². The Morgan fingerprint density at radius 2 is 1.81 bits per heavy atom. The van der Waals surface area contributed by atoms with Crippen molar-refractivity contribution in [1.29, 1.82) is 0 Å². The quantitative estimate of drug-likeness (QED) is 0.801. The first-order valence-electron chi connectivity index (χ1n) is 9.68. The molecule has 2 amide bonds. The summed E-state index contributed by atoms with van der Waals surface area (Å²) in [5.41, 5.74) is 2.21. The number of carbonyl (C=O) groups excluding carboxylic acids is 2. The fraction of sp³-hybridized carbons (Fsp3) is 0.545. The number of allylic oxidation sites excluding steroid dienone is 1. The van der Waals surface area contributed by atoms with Crippen molar-refractivity contribution in [3.63, 3.8) is 0 Å². The second-order valence-electron chi connectivity index (χ2n) is 7.75. The zero-order valence-corrected chi connectivity index (χ0v) is 17.1. The van der Waals surface area contributed by atoms with Gasteiger partial charge >= 0.3 is 0 Å². The smallest absolute Gasteiger partial charge is 0.220 e. The Morgan fingerprint density at radius 3 is 2.26 bits per heavy atom. The first-order valence-corrected chi connectivity index (χ1v) is 9.68. The summed E-state index contributed by atoms with van der Waals surface area (Å²) in [5.74, 6) is 0.329. The van der Waals surface area contributed by atoms with E-state index in [1.165, 1.54) is 6.92 Å². The van der Waals surface area contributed by atoms with Crippen LogP contribution in [0.25, 0.3) is 6.08 Å². The molecule has 2 rings (SSSR count). The molecule has 1 aromatic rings. The van der Waals surface area contributed by atoms with Crippen LogP contribution in [0, 0.1) is 5.92 Å². The summed E-state index contributed by atoms with van der Waals surface area (Å²) in [4.78, 5) is 27.9. The van der Waals surface area contributed by atoms with E-state index < -0.39 is 0 Å². The van der Waals surface area contributed by atoms with Gasteiger partial charge in [0.2, 0.25) is 11.8 Å². The molecular weight excluding hydrogens is 340 g/mol. The van der Waals surface area contributed by atoms with Crippen LogP contribution in [0.5, 0.6) is 0 Å². The maximum atomic E-state index is 12.2. The van der Waals surface area contributed by atoms with Crippen LogP contribution >= 0.6 is 0 Å². The summed E-state index contributed by atoms with van der Waals surface area (Å²) in [6.07, 6.45) is 4.03. The number of hydrogen-bond donors (Lipinski definition) is 1. The van der Waals surface area contributed by atoms with Gasteiger partial charge in [-0.1, -0.05) is 50.3 Å². The van der Waals surface area contributed by atoms with Crippen LogP contribution in [-0.2, 0) is 9.59 Å². The number of aliphatic hydroxyl groups excluding tert-OH is 1. The van der Waals surface area contributed by atoms with Crippen LogP contribution in [-0.4, -0.2) is 58.5 Å². The van der Waals surface area contributed by atoms with Crippen molar-refractivity contribution in [3.05, 3.63) is 41.5 Å². The largest absolute Gasteiger partial charge is 0.394 e. The van der Waals surface area contributed by atoms with Crippen LogP contribution < -0.4 is 0 Å². The molecule has 3 atom stereocenters. The molecule has 0 unspecified atom stereocenters. The minimum absolute atomic E-state index is 0.0156. The van der Waals surface area contributed by atoms with Crippen LogP contribution in [0.15, 0.2) is 30.3 Å². The molecule has 1 aromatic carbocycles. The van der Waals surface area contributed by atoms with E-state index in [-0.39, 0.29) is 36.4 Å². The molecule has 0 bridgehead atoms. The summed E-state index contributed by atoms with van der Waals surface area (Å²) in [6, 6.07) is 7.87. The third kappa shape index (κ3) is 4.78. The molecule has 1 saturated heterocycles. The summed E-state index contributed by atoms with van der Waals surface area (Å²) in [7, 11) is 0. The summed E-state index contributed by atoms with van der Waals surface area (Å²) in [5, 5.41) is 9.90. The van der Waals surface area contributed by atoms with Crippen LogP contribution in [0.2, 0.25) is 0 Å². The van der Waals surface area contributed by atoms with Gasteiger partial charge in [0.1, 0.15) is 0 Å². The monoisotopic (exact) mass is 372 g/mol. The predicted molar refractivity (Wildman–Crippen MR) is 108 cm³/mol. The van der Waals surface area contributed by atoms with Crippen molar-refractivity contribution in [1.82, 2.24) is 9.80 Å². The third-order valence-corrected chi connectivity index (χ3v) is 5.21. The van der Waals surface area contributed by atoms with Crippen molar-refractivity contribution < 1.29 is 14.7 Å². The molecule has 1 fully saturated rings. The standard InChI is InChI=1S/C22H32N2O3/c1-6-7-18-8-10-19(11-9-18)22-20(24(17(5)27)21(22)14-25)13-23(16(4)26)12-15(2)3/h6-11,15,20-22,25H,12-14H2,1-5H3/b7-6+/t20-,21+,22-/m1/s1. The summed E-state index contributed by atoms with van der Waals surface area (Å²) in [6.45, 7) is 10.3. The van der Waals surface area contributed by atoms with Crippen molar-refractivity contribution in [2.45, 2.75) is 52.6 Å². The Morgan fingerprint density at radius 1 is 1.19 bits per heavy atom. The van der Waals surface area contributed by atoms with Crippen LogP contribution in [0.1, 0.15) is 51.7 Å². The number of carbonyl (C=O) groups is 2. The molecular formula is C22H32N2O3. The fourth-order valence-corrected chi connectivity index (χ4v) is 4.08. The van der Waals surface area contributed by atoms with Crippen molar-refractivity contribution in [2.24, 2.45) is 5.92 Å². The molecule has 148 valence electrons. The van der Waals surface area contributed by atoms with Gasteiger partial charge in [0.15, 0.2) is 0 Å². The number of aliphatic hydroxyl groups is 1. The Kier molecular flexibility index (Phi) is 7.19. The van der Waals surface area contributed by atoms with Crippen molar-refractivity contribution in [3.8, 4) is 0 Å². The van der Waals surface area contributed by atoms with Crippen molar-refractivity contribution >= 4 is 17.9 Å². The van der Waals surface area contributed by atoms with E-state index in [0.29, 0.717) is 19.0 Å². The lowest BCUT2D eigenvalue weighted by molar-refractivity contribution is -0.152. The average Bonchev–Trinajstić information content (AvgIpc) is 2.58. The molecule has 0 radical (unpaired) electrons. The number of benzene rings is 1. The highest BCUT2D eigenvalue weighted by Gasteiger charge is 2.50. The van der Waals surface area contributed by atoms with Gasteiger partial charge in [0.05, 0.1) is 18.7 Å². The number of hydrogen-bond acceptors (Lipinski definition) is 3. The van der Waals surface area contributed by atoms with E-state index in [2.05, 4.69) is 26.0 Å². The van der Waals surface area contributed by atoms with Crippen molar-refractivity contribution in [2.75, 3.05) is 19.7 Å². The highest BCUT2D eigenvalue weighted by atomic mass is 16.3. The molecule has 5 nitrogen and oxygen atoms in total. The maximum absolute atomic E-state index is 12.2. The third-order valence-electron chi connectivity index (χ3n) is 5.21. The first kappa shape index (κ1) is 21.2. The number of likely N-dealkylation sites (tertiary alicyclic amines) is 1. The number of amides is 2. The summed E-state index contributed by atoms with van der Waals surface area (Å²) >= 11 is 0. The molecule has 0 saturated carbocycles. The minimum Gasteiger partial charge on any atom is -0.394 e. The SMILES string of the molecule is C/C=C/c1ccc([C@@H]2[C@@H](CN(CC(C)C)C(C)=O)N(C(C)=O)[C@H]2CO)cc1. The van der Waals surface area contributed by atoms with E-state index in [9.17, 15) is 14.7 Å². The predicted octanol–water partition coefficient (Wildman–Crippen LogP) is 2.90. The molecule has 1 heterocycles. The molecule has 0 aromatic heterocycles. The lowest BCUT2D eigenvalue weighted by atomic mass is 9.74. The maximum Gasteiger partial charge on any atom is 0.220 e. The van der Waals surface area contributed by atoms with Gasteiger partial charge in [-0.2, -0.15) is 0 Å². The Balaban J connectivity index is 2.30. The second kappa shape index (κ2) is 9.18. The Bertz CT molecular complexity index is 681. The molecule has 0 spiro atoms. The summed E-state index contributed by atoms with van der Waals surface area (Å²) < 4.78 is 0. The lowest BCUT2D eigenvalue weighted by Crippen LogP contribution is -2.68. The van der Waals surface area contributed by atoms with Gasteiger partial charge in [0, 0.05) is 32.9 Å². The molecule has 1 aliphatic rings. The van der Waals surface area contributed by atoms with Gasteiger partial charge in [0.25, 0.3) is 0 Å². The molecule has 5 heteroatoms. The Hall–Kier alpha value is -2.14.